The van der Waals surface area contributed by atoms with Gasteiger partial charge in [0.2, 0.25) is 0 Å². The molecule has 2 rings (SSSR count). The van der Waals surface area contributed by atoms with Gasteiger partial charge in [-0.15, -0.1) is 0 Å². The molecule has 0 N–H and O–H groups in total. The van der Waals surface area contributed by atoms with Crippen molar-refractivity contribution in [3.8, 4) is 0 Å². The van der Waals surface area contributed by atoms with Crippen molar-refractivity contribution >= 4 is 11.8 Å². The molecule has 0 nitrogen and oxygen atoms in total. The van der Waals surface area contributed by atoms with Crippen molar-refractivity contribution in [3.63, 3.8) is 0 Å². The van der Waals surface area contributed by atoms with Gasteiger partial charge in [-0.25, -0.2) is 0 Å². The van der Waals surface area contributed by atoms with Crippen LogP contribution in [0.2, 0.25) is 0 Å². The minimum Gasteiger partial charge on any atom is -0.157 e. The van der Waals surface area contributed by atoms with E-state index in [4.69, 9.17) is 0 Å². The zero-order chi connectivity index (χ0) is 6.10. The lowest BCUT2D eigenvalue weighted by Gasteiger charge is -2.08. The Labute approximate surface area is 60.0 Å². The van der Waals surface area contributed by atoms with Gasteiger partial charge in [0.05, 0.1) is 0 Å². The van der Waals surface area contributed by atoms with E-state index in [-0.39, 0.29) is 0 Å². The van der Waals surface area contributed by atoms with Gasteiger partial charge in [0, 0.05) is 17.4 Å². The first-order valence-electron chi connectivity index (χ1n) is 3.40. The molecule has 1 saturated heterocycles. The zero-order valence-electron chi connectivity index (χ0n) is 5.34. The third kappa shape index (κ3) is 0.940. The van der Waals surface area contributed by atoms with Crippen molar-refractivity contribution in [2.24, 2.45) is 5.92 Å². The number of allylic oxidation sites excluding steroid dienone is 3. The highest BCUT2D eigenvalue weighted by Gasteiger charge is 2.19. The molecule has 0 unspecified atom stereocenters. The summed E-state index contributed by atoms with van der Waals surface area (Å²) in [6.45, 7) is 0. The van der Waals surface area contributed by atoms with Crippen LogP contribution in [0.5, 0.6) is 0 Å². The predicted octanol–water partition coefficient (Wildman–Crippen LogP) is 2.24. The Bertz CT molecular complexity index is 167. The second-order valence-corrected chi connectivity index (χ2v) is 3.59. The fourth-order valence-corrected chi connectivity index (χ4v) is 2.63. The summed E-state index contributed by atoms with van der Waals surface area (Å²) in [4.78, 5) is 0. The SMILES string of the molecule is C1=C[C@@H]2CSCC2=CC1. The standard InChI is InChI=1S/C8H10S/c1-2-4-8-6-9-5-7(8)3-1/h1,3-4,7H,2,5-6H2/t7-/m1/s1. The molecule has 0 aromatic rings. The van der Waals surface area contributed by atoms with Crippen LogP contribution in [0, 0.1) is 5.92 Å². The summed E-state index contributed by atoms with van der Waals surface area (Å²) in [5, 5.41) is 0. The molecule has 0 amide bonds. The van der Waals surface area contributed by atoms with Gasteiger partial charge in [0.1, 0.15) is 0 Å². The van der Waals surface area contributed by atoms with Crippen LogP contribution < -0.4 is 0 Å². The van der Waals surface area contributed by atoms with Crippen LogP contribution in [0.15, 0.2) is 23.8 Å². The van der Waals surface area contributed by atoms with Gasteiger partial charge in [-0.2, -0.15) is 11.8 Å². The summed E-state index contributed by atoms with van der Waals surface area (Å²) in [5.74, 6) is 3.42. The lowest BCUT2D eigenvalue weighted by atomic mass is 9.97. The van der Waals surface area contributed by atoms with E-state index < -0.39 is 0 Å². The molecule has 0 saturated carbocycles. The number of fused-ring (bicyclic) bond motifs is 1. The summed E-state index contributed by atoms with van der Waals surface area (Å²) in [7, 11) is 0. The van der Waals surface area contributed by atoms with E-state index >= 15 is 0 Å². The fourth-order valence-electron chi connectivity index (χ4n) is 1.37. The van der Waals surface area contributed by atoms with Crippen LogP contribution >= 0.6 is 11.8 Å². The molecule has 9 heavy (non-hydrogen) atoms. The van der Waals surface area contributed by atoms with Gasteiger partial charge in [-0.3, -0.25) is 0 Å². The molecule has 1 heteroatoms. The summed E-state index contributed by atoms with van der Waals surface area (Å²) in [6, 6.07) is 0. The van der Waals surface area contributed by atoms with Crippen LogP contribution in [0.1, 0.15) is 6.42 Å². The minimum absolute atomic E-state index is 0.809. The normalized spacial score (nSPS) is 32.0. The van der Waals surface area contributed by atoms with Crippen LogP contribution in [-0.2, 0) is 0 Å². The van der Waals surface area contributed by atoms with E-state index in [0.717, 1.165) is 5.92 Å². The average Bonchev–Trinajstić information content (AvgIpc) is 2.33. The molecule has 0 radical (unpaired) electrons. The Morgan fingerprint density at radius 1 is 1.56 bits per heavy atom. The van der Waals surface area contributed by atoms with Gasteiger partial charge in [-0.05, 0) is 6.42 Å². The van der Waals surface area contributed by atoms with Crippen molar-refractivity contribution in [1.82, 2.24) is 0 Å². The van der Waals surface area contributed by atoms with Gasteiger partial charge in [0.15, 0.2) is 0 Å². The Balaban J connectivity index is 2.22. The second-order valence-electron chi connectivity index (χ2n) is 2.56. The number of hydrogen-bond acceptors (Lipinski definition) is 1. The molecule has 1 aliphatic heterocycles. The van der Waals surface area contributed by atoms with Crippen molar-refractivity contribution in [2.75, 3.05) is 11.5 Å². The summed E-state index contributed by atoms with van der Waals surface area (Å²) >= 11 is 2.06. The highest BCUT2D eigenvalue weighted by Crippen LogP contribution is 2.32. The smallest absolute Gasteiger partial charge is 0.0149 e. The average molecular weight is 138 g/mol. The van der Waals surface area contributed by atoms with E-state index in [2.05, 4.69) is 30.0 Å². The lowest BCUT2D eigenvalue weighted by Crippen LogP contribution is -1.99. The maximum atomic E-state index is 2.38. The maximum absolute atomic E-state index is 2.38. The molecule has 1 atom stereocenters. The third-order valence-electron chi connectivity index (χ3n) is 1.93. The lowest BCUT2D eigenvalue weighted by molar-refractivity contribution is 0.880. The molecule has 48 valence electrons. The molecular formula is C8H10S. The van der Waals surface area contributed by atoms with Crippen LogP contribution in [0.3, 0.4) is 0 Å². The fraction of sp³-hybridized carbons (Fsp3) is 0.500. The summed E-state index contributed by atoms with van der Waals surface area (Å²) in [5.41, 5.74) is 1.67. The Kier molecular flexibility index (Phi) is 1.38. The van der Waals surface area contributed by atoms with Crippen molar-refractivity contribution in [3.05, 3.63) is 23.8 Å². The molecule has 1 fully saturated rings. The molecule has 0 spiro atoms. The number of thioether (sulfide) groups is 1. The molecule has 2 aliphatic rings. The van der Waals surface area contributed by atoms with Gasteiger partial charge in [0.25, 0.3) is 0 Å². The molecule has 0 aromatic carbocycles. The maximum Gasteiger partial charge on any atom is 0.0149 e. The van der Waals surface area contributed by atoms with Crippen LogP contribution in [0.4, 0.5) is 0 Å². The molecular weight excluding hydrogens is 128 g/mol. The van der Waals surface area contributed by atoms with Crippen LogP contribution in [-0.4, -0.2) is 11.5 Å². The third-order valence-corrected chi connectivity index (χ3v) is 3.06. The Morgan fingerprint density at radius 2 is 2.56 bits per heavy atom. The van der Waals surface area contributed by atoms with Crippen molar-refractivity contribution in [2.45, 2.75) is 6.42 Å². The van der Waals surface area contributed by atoms with Gasteiger partial charge in [-0.1, -0.05) is 23.8 Å². The largest absolute Gasteiger partial charge is 0.157 e. The van der Waals surface area contributed by atoms with E-state index in [1.165, 1.54) is 17.9 Å². The number of rotatable bonds is 0. The van der Waals surface area contributed by atoms with Gasteiger partial charge >= 0.3 is 0 Å². The number of hydrogen-bond donors (Lipinski definition) is 0. The second kappa shape index (κ2) is 2.22. The first-order chi connectivity index (χ1) is 4.47. The van der Waals surface area contributed by atoms with E-state index in [0.29, 0.717) is 0 Å². The quantitative estimate of drug-likeness (QED) is 0.463. The van der Waals surface area contributed by atoms with E-state index in [1.54, 1.807) is 5.57 Å². The van der Waals surface area contributed by atoms with Crippen LogP contribution in [0.25, 0.3) is 0 Å². The molecule has 0 aromatic heterocycles. The highest BCUT2D eigenvalue weighted by atomic mass is 32.2. The van der Waals surface area contributed by atoms with E-state index in [9.17, 15) is 0 Å². The van der Waals surface area contributed by atoms with E-state index in [1.807, 2.05) is 0 Å². The first kappa shape index (κ1) is 5.60. The topological polar surface area (TPSA) is 0 Å². The molecule has 1 heterocycles. The van der Waals surface area contributed by atoms with Gasteiger partial charge < -0.3 is 0 Å². The summed E-state index contributed by atoms with van der Waals surface area (Å²) in [6.07, 6.45) is 8.19. The predicted molar refractivity (Wildman–Crippen MR) is 42.7 cm³/mol. The Morgan fingerprint density at radius 3 is 3.44 bits per heavy atom. The zero-order valence-corrected chi connectivity index (χ0v) is 6.16. The molecule has 0 bridgehead atoms. The highest BCUT2D eigenvalue weighted by molar-refractivity contribution is 7.99. The summed E-state index contributed by atoms with van der Waals surface area (Å²) < 4.78 is 0. The first-order valence-corrected chi connectivity index (χ1v) is 4.55. The minimum atomic E-state index is 0.809. The molecule has 1 aliphatic carbocycles. The van der Waals surface area contributed by atoms with Crippen molar-refractivity contribution in [1.29, 1.82) is 0 Å². The Hall–Kier alpha value is -0.170. The van der Waals surface area contributed by atoms with Crippen molar-refractivity contribution < 1.29 is 0 Å². The monoisotopic (exact) mass is 138 g/mol.